The fourth-order valence-corrected chi connectivity index (χ4v) is 3.00. The van der Waals surface area contributed by atoms with E-state index < -0.39 is 0 Å². The van der Waals surface area contributed by atoms with Gasteiger partial charge in [0.05, 0.1) is 6.61 Å². The third kappa shape index (κ3) is 4.73. The van der Waals surface area contributed by atoms with Crippen molar-refractivity contribution in [3.63, 3.8) is 0 Å². The van der Waals surface area contributed by atoms with E-state index in [1.807, 2.05) is 36.1 Å². The fraction of sp³-hybridized carbons (Fsp3) is 0.611. The highest BCUT2D eigenvalue weighted by Gasteiger charge is 2.24. The first-order valence-corrected chi connectivity index (χ1v) is 8.35. The molecule has 1 aromatic carbocycles. The van der Waals surface area contributed by atoms with Gasteiger partial charge in [-0.05, 0) is 56.7 Å². The predicted molar refractivity (Wildman–Crippen MR) is 88.9 cm³/mol. The highest BCUT2D eigenvalue weighted by molar-refractivity contribution is 5.76. The number of rotatable bonds is 6. The fourth-order valence-electron chi connectivity index (χ4n) is 3.00. The number of carbonyl (C=O) groups is 1. The van der Waals surface area contributed by atoms with Gasteiger partial charge in [-0.25, -0.2) is 0 Å². The maximum atomic E-state index is 12.3. The van der Waals surface area contributed by atoms with Crippen molar-refractivity contribution >= 4 is 5.91 Å². The third-order valence-electron chi connectivity index (χ3n) is 4.50. The first-order valence-electron chi connectivity index (χ1n) is 8.35. The van der Waals surface area contributed by atoms with Crippen LogP contribution in [0, 0.1) is 5.92 Å². The Morgan fingerprint density at radius 1 is 1.32 bits per heavy atom. The normalized spacial score (nSPS) is 17.3. The number of carbonyl (C=O) groups excluding carboxylic acids is 1. The van der Waals surface area contributed by atoms with E-state index in [9.17, 15) is 4.79 Å². The van der Waals surface area contributed by atoms with E-state index in [0.717, 1.165) is 38.1 Å². The maximum absolute atomic E-state index is 12.3. The van der Waals surface area contributed by atoms with E-state index in [0.29, 0.717) is 18.9 Å². The lowest BCUT2D eigenvalue weighted by atomic mass is 9.91. The standard InChI is InChI=1S/C18H28N2O2/c1-3-22-17-7-4-15(5-8-17)6-9-18(21)20-12-10-16(11-13-20)14(2)19/h4-5,7-8,14,16H,3,6,9-13,19H2,1-2H3. The lowest BCUT2D eigenvalue weighted by Gasteiger charge is -2.33. The minimum absolute atomic E-state index is 0.237. The third-order valence-corrected chi connectivity index (χ3v) is 4.50. The van der Waals surface area contributed by atoms with Crippen molar-refractivity contribution < 1.29 is 9.53 Å². The Kier molecular flexibility index (Phi) is 6.25. The molecule has 4 heteroatoms. The van der Waals surface area contributed by atoms with E-state index in [1.54, 1.807) is 0 Å². The van der Waals surface area contributed by atoms with Gasteiger partial charge >= 0.3 is 0 Å². The Hall–Kier alpha value is -1.55. The molecule has 1 heterocycles. The summed E-state index contributed by atoms with van der Waals surface area (Å²) >= 11 is 0. The average Bonchev–Trinajstić information content (AvgIpc) is 2.54. The molecule has 0 radical (unpaired) electrons. The molecular formula is C18H28N2O2. The summed E-state index contributed by atoms with van der Waals surface area (Å²) in [5, 5.41) is 0. The summed E-state index contributed by atoms with van der Waals surface area (Å²) < 4.78 is 5.43. The van der Waals surface area contributed by atoms with Crippen LogP contribution in [0.5, 0.6) is 5.75 Å². The number of piperidine rings is 1. The molecule has 1 aromatic rings. The van der Waals surface area contributed by atoms with E-state index in [1.165, 1.54) is 5.56 Å². The second kappa shape index (κ2) is 8.18. The van der Waals surface area contributed by atoms with Gasteiger partial charge in [0.15, 0.2) is 0 Å². The van der Waals surface area contributed by atoms with Gasteiger partial charge in [0.2, 0.25) is 5.91 Å². The number of aryl methyl sites for hydroxylation is 1. The molecule has 1 aliphatic heterocycles. The maximum Gasteiger partial charge on any atom is 0.222 e. The Bertz CT molecular complexity index is 462. The molecule has 0 spiro atoms. The number of benzene rings is 1. The number of hydrogen-bond acceptors (Lipinski definition) is 3. The predicted octanol–water partition coefficient (Wildman–Crippen LogP) is 2.60. The summed E-state index contributed by atoms with van der Waals surface area (Å²) in [4.78, 5) is 14.3. The molecule has 1 saturated heterocycles. The Balaban J connectivity index is 1.76. The molecule has 1 aliphatic rings. The van der Waals surface area contributed by atoms with Gasteiger partial charge < -0.3 is 15.4 Å². The van der Waals surface area contributed by atoms with E-state index in [4.69, 9.17) is 10.5 Å². The molecule has 1 amide bonds. The largest absolute Gasteiger partial charge is 0.494 e. The van der Waals surface area contributed by atoms with Crippen LogP contribution in [-0.2, 0) is 11.2 Å². The zero-order chi connectivity index (χ0) is 15.9. The van der Waals surface area contributed by atoms with Crippen LogP contribution in [0.3, 0.4) is 0 Å². The Labute approximate surface area is 133 Å². The molecule has 0 saturated carbocycles. The molecule has 2 N–H and O–H groups in total. The van der Waals surface area contributed by atoms with Gasteiger partial charge in [-0.3, -0.25) is 4.79 Å². The van der Waals surface area contributed by atoms with Gasteiger partial charge in [0.1, 0.15) is 5.75 Å². The smallest absolute Gasteiger partial charge is 0.222 e. The number of ether oxygens (including phenoxy) is 1. The zero-order valence-electron chi connectivity index (χ0n) is 13.8. The second-order valence-electron chi connectivity index (χ2n) is 6.15. The van der Waals surface area contributed by atoms with Crippen LogP contribution in [0.4, 0.5) is 0 Å². The molecule has 2 rings (SSSR count). The highest BCUT2D eigenvalue weighted by atomic mass is 16.5. The van der Waals surface area contributed by atoms with Crippen LogP contribution in [0.25, 0.3) is 0 Å². The van der Waals surface area contributed by atoms with Gasteiger partial charge in [-0.15, -0.1) is 0 Å². The summed E-state index contributed by atoms with van der Waals surface area (Å²) in [6.45, 7) is 6.42. The van der Waals surface area contributed by atoms with Crippen LogP contribution < -0.4 is 10.5 Å². The molecule has 0 bridgehead atoms. The van der Waals surface area contributed by atoms with Gasteiger partial charge in [-0.2, -0.15) is 0 Å². The van der Waals surface area contributed by atoms with Gasteiger partial charge in [0, 0.05) is 25.6 Å². The van der Waals surface area contributed by atoms with Crippen LogP contribution in [0.2, 0.25) is 0 Å². The summed E-state index contributed by atoms with van der Waals surface area (Å²) in [6.07, 6.45) is 3.44. The lowest BCUT2D eigenvalue weighted by Crippen LogP contribution is -2.42. The highest BCUT2D eigenvalue weighted by Crippen LogP contribution is 2.20. The summed E-state index contributed by atoms with van der Waals surface area (Å²) in [5.41, 5.74) is 7.13. The van der Waals surface area contributed by atoms with Crippen molar-refractivity contribution in [3.8, 4) is 5.75 Å². The molecule has 0 aromatic heterocycles. The van der Waals surface area contributed by atoms with Crippen molar-refractivity contribution in [2.24, 2.45) is 11.7 Å². The van der Waals surface area contributed by atoms with Crippen molar-refractivity contribution in [1.29, 1.82) is 0 Å². The van der Waals surface area contributed by atoms with Crippen molar-refractivity contribution in [2.45, 2.75) is 45.6 Å². The van der Waals surface area contributed by atoms with Gasteiger partial charge in [-0.1, -0.05) is 12.1 Å². The van der Waals surface area contributed by atoms with Crippen LogP contribution >= 0.6 is 0 Å². The van der Waals surface area contributed by atoms with Gasteiger partial charge in [0.25, 0.3) is 0 Å². The molecule has 1 unspecified atom stereocenters. The van der Waals surface area contributed by atoms with Crippen molar-refractivity contribution in [3.05, 3.63) is 29.8 Å². The summed E-state index contributed by atoms with van der Waals surface area (Å²) in [7, 11) is 0. The first-order chi connectivity index (χ1) is 10.6. The van der Waals surface area contributed by atoms with E-state index in [-0.39, 0.29) is 11.9 Å². The van der Waals surface area contributed by atoms with E-state index >= 15 is 0 Å². The number of likely N-dealkylation sites (tertiary alicyclic amines) is 1. The quantitative estimate of drug-likeness (QED) is 0.879. The summed E-state index contributed by atoms with van der Waals surface area (Å²) in [6, 6.07) is 8.26. The Morgan fingerprint density at radius 3 is 2.50 bits per heavy atom. The molecule has 1 fully saturated rings. The van der Waals surface area contributed by atoms with Crippen molar-refractivity contribution in [2.75, 3.05) is 19.7 Å². The molecule has 122 valence electrons. The minimum atomic E-state index is 0.237. The number of nitrogens with two attached hydrogens (primary N) is 1. The van der Waals surface area contributed by atoms with Crippen LogP contribution in [-0.4, -0.2) is 36.5 Å². The number of amides is 1. The summed E-state index contributed by atoms with van der Waals surface area (Å²) in [5.74, 6) is 1.71. The Morgan fingerprint density at radius 2 is 1.95 bits per heavy atom. The van der Waals surface area contributed by atoms with Crippen molar-refractivity contribution in [1.82, 2.24) is 4.90 Å². The first kappa shape index (κ1) is 16.8. The molecular weight excluding hydrogens is 276 g/mol. The second-order valence-corrected chi connectivity index (χ2v) is 6.15. The zero-order valence-corrected chi connectivity index (χ0v) is 13.8. The topological polar surface area (TPSA) is 55.6 Å². The molecule has 22 heavy (non-hydrogen) atoms. The van der Waals surface area contributed by atoms with Crippen LogP contribution in [0.1, 0.15) is 38.7 Å². The number of nitrogens with zero attached hydrogens (tertiary/aromatic N) is 1. The SMILES string of the molecule is CCOc1ccc(CCC(=O)N2CCC(C(C)N)CC2)cc1. The number of hydrogen-bond donors (Lipinski definition) is 1. The van der Waals surface area contributed by atoms with Crippen LogP contribution in [0.15, 0.2) is 24.3 Å². The molecule has 1 atom stereocenters. The minimum Gasteiger partial charge on any atom is -0.494 e. The van der Waals surface area contributed by atoms with E-state index in [2.05, 4.69) is 6.92 Å². The lowest BCUT2D eigenvalue weighted by molar-refractivity contribution is -0.132. The molecule has 0 aliphatic carbocycles. The molecule has 4 nitrogen and oxygen atoms in total. The monoisotopic (exact) mass is 304 g/mol. The average molecular weight is 304 g/mol.